The quantitative estimate of drug-likeness (QED) is 0.390. The molecule has 0 bridgehead atoms. The van der Waals surface area contributed by atoms with Crippen molar-refractivity contribution in [2.45, 2.75) is 31.9 Å². The number of fused-ring (bicyclic) bond motifs is 1. The molecule has 3 aromatic heterocycles. The second-order valence-corrected chi connectivity index (χ2v) is 8.93. The van der Waals surface area contributed by atoms with Gasteiger partial charge in [-0.25, -0.2) is 9.37 Å². The molecular formula is C23H23BrFN5O2. The van der Waals surface area contributed by atoms with E-state index < -0.39 is 6.10 Å². The van der Waals surface area contributed by atoms with E-state index in [2.05, 4.69) is 31.3 Å². The lowest BCUT2D eigenvalue weighted by molar-refractivity contribution is 0.227. The number of benzene rings is 1. The minimum Gasteiger partial charge on any atom is -0.479 e. The first-order chi connectivity index (χ1) is 15.5. The van der Waals surface area contributed by atoms with Crippen LogP contribution >= 0.6 is 15.9 Å². The number of rotatable bonds is 5. The summed E-state index contributed by atoms with van der Waals surface area (Å²) in [5.74, 6) is 0.207. The summed E-state index contributed by atoms with van der Waals surface area (Å²) in [5, 5.41) is 8.74. The molecule has 1 fully saturated rings. The van der Waals surface area contributed by atoms with Crippen molar-refractivity contribution in [1.82, 2.24) is 20.1 Å². The molecule has 0 amide bonds. The standard InChI is InChI=1S/C23H23BrFN5O2/c1-13(14-6-16(24)8-17(25)7-14)32-22-21-19(10-28-23(22)26)20(12-31-21)15-9-29-30(11-15)18-2-4-27-5-3-18/h6-13,18,27H,2-5H2,1H3,(H2,26,28). The van der Waals surface area contributed by atoms with Crippen LogP contribution in [0.4, 0.5) is 10.2 Å². The van der Waals surface area contributed by atoms with Gasteiger partial charge < -0.3 is 20.2 Å². The summed E-state index contributed by atoms with van der Waals surface area (Å²) >= 11 is 3.32. The van der Waals surface area contributed by atoms with E-state index in [4.69, 9.17) is 14.9 Å². The van der Waals surface area contributed by atoms with Crippen LogP contribution in [0.2, 0.25) is 0 Å². The summed E-state index contributed by atoms with van der Waals surface area (Å²) < 4.78 is 28.5. The van der Waals surface area contributed by atoms with Crippen molar-refractivity contribution in [2.75, 3.05) is 18.8 Å². The third kappa shape index (κ3) is 3.98. The largest absolute Gasteiger partial charge is 0.479 e. The van der Waals surface area contributed by atoms with Gasteiger partial charge in [0.2, 0.25) is 5.75 Å². The highest BCUT2D eigenvalue weighted by molar-refractivity contribution is 9.10. The van der Waals surface area contributed by atoms with Crippen molar-refractivity contribution in [2.24, 2.45) is 0 Å². The number of piperidine rings is 1. The van der Waals surface area contributed by atoms with Crippen molar-refractivity contribution in [3.8, 4) is 16.9 Å². The van der Waals surface area contributed by atoms with Gasteiger partial charge in [0.1, 0.15) is 18.2 Å². The van der Waals surface area contributed by atoms with E-state index in [0.29, 0.717) is 27.4 Å². The number of pyridine rings is 1. The molecule has 0 aliphatic carbocycles. The van der Waals surface area contributed by atoms with E-state index in [1.807, 2.05) is 24.0 Å². The molecule has 1 atom stereocenters. The molecule has 1 aromatic carbocycles. The van der Waals surface area contributed by atoms with Gasteiger partial charge >= 0.3 is 0 Å². The predicted molar refractivity (Wildman–Crippen MR) is 124 cm³/mol. The maximum atomic E-state index is 13.8. The summed E-state index contributed by atoms with van der Waals surface area (Å²) in [6.45, 7) is 3.82. The minimum atomic E-state index is -0.465. The minimum absolute atomic E-state index is 0.214. The fraction of sp³-hybridized carbons (Fsp3) is 0.304. The number of furan rings is 1. The Bertz CT molecular complexity index is 1240. The van der Waals surface area contributed by atoms with E-state index in [1.54, 1.807) is 18.5 Å². The fourth-order valence-electron chi connectivity index (χ4n) is 4.12. The lowest BCUT2D eigenvalue weighted by Gasteiger charge is -2.22. The van der Waals surface area contributed by atoms with Gasteiger partial charge in [-0.1, -0.05) is 15.9 Å². The Labute approximate surface area is 192 Å². The van der Waals surface area contributed by atoms with Gasteiger partial charge in [0, 0.05) is 28.0 Å². The number of hydrogen-bond donors (Lipinski definition) is 2. The number of anilines is 1. The number of nitrogens with one attached hydrogen (secondary N) is 1. The molecule has 0 radical (unpaired) electrons. The first-order valence-corrected chi connectivity index (χ1v) is 11.3. The summed E-state index contributed by atoms with van der Waals surface area (Å²) in [7, 11) is 0. The molecule has 9 heteroatoms. The molecule has 7 nitrogen and oxygen atoms in total. The normalized spacial score (nSPS) is 15.8. The monoisotopic (exact) mass is 499 g/mol. The number of hydrogen-bond acceptors (Lipinski definition) is 6. The first-order valence-electron chi connectivity index (χ1n) is 10.5. The molecule has 3 N–H and O–H groups in total. The van der Waals surface area contributed by atoms with Gasteiger partial charge in [0.15, 0.2) is 11.4 Å². The second kappa shape index (κ2) is 8.55. The van der Waals surface area contributed by atoms with Crippen molar-refractivity contribution >= 4 is 32.7 Å². The molecule has 4 heterocycles. The fourth-order valence-corrected chi connectivity index (χ4v) is 4.60. The zero-order valence-electron chi connectivity index (χ0n) is 17.5. The number of nitrogens with zero attached hydrogens (tertiary/aromatic N) is 3. The molecule has 1 unspecified atom stereocenters. The summed E-state index contributed by atoms with van der Waals surface area (Å²) in [5.41, 5.74) is 9.11. The predicted octanol–water partition coefficient (Wildman–Crippen LogP) is 5.24. The molecule has 1 aliphatic rings. The number of nitrogens with two attached hydrogens (primary N) is 1. The van der Waals surface area contributed by atoms with E-state index in [0.717, 1.165) is 42.4 Å². The summed E-state index contributed by atoms with van der Waals surface area (Å²) in [6, 6.07) is 5.03. The number of halogens is 2. The van der Waals surface area contributed by atoms with Gasteiger partial charge in [0.05, 0.1) is 17.6 Å². The van der Waals surface area contributed by atoms with Crippen LogP contribution in [0.3, 0.4) is 0 Å². The molecule has 4 aromatic rings. The Morgan fingerprint density at radius 1 is 1.28 bits per heavy atom. The van der Waals surface area contributed by atoms with Gasteiger partial charge in [-0.2, -0.15) is 5.10 Å². The van der Waals surface area contributed by atoms with Crippen LogP contribution < -0.4 is 15.8 Å². The Hall–Kier alpha value is -2.91. The van der Waals surface area contributed by atoms with Crippen LogP contribution in [0.5, 0.6) is 5.75 Å². The maximum Gasteiger partial charge on any atom is 0.205 e. The second-order valence-electron chi connectivity index (χ2n) is 8.02. The zero-order chi connectivity index (χ0) is 22.2. The Morgan fingerprint density at radius 2 is 2.09 bits per heavy atom. The van der Waals surface area contributed by atoms with Crippen molar-refractivity contribution in [3.63, 3.8) is 0 Å². The molecule has 32 heavy (non-hydrogen) atoms. The van der Waals surface area contributed by atoms with Crippen molar-refractivity contribution in [3.05, 3.63) is 58.9 Å². The molecule has 1 saturated heterocycles. The van der Waals surface area contributed by atoms with Crippen LogP contribution in [-0.2, 0) is 0 Å². The molecule has 0 saturated carbocycles. The van der Waals surface area contributed by atoms with Crippen LogP contribution in [-0.4, -0.2) is 27.9 Å². The highest BCUT2D eigenvalue weighted by Gasteiger charge is 2.21. The highest BCUT2D eigenvalue weighted by Crippen LogP contribution is 2.40. The molecule has 1 aliphatic heterocycles. The number of nitrogen functional groups attached to an aromatic ring is 1. The highest BCUT2D eigenvalue weighted by atomic mass is 79.9. The maximum absolute atomic E-state index is 13.8. The van der Waals surface area contributed by atoms with E-state index in [1.165, 1.54) is 12.1 Å². The summed E-state index contributed by atoms with van der Waals surface area (Å²) in [4.78, 5) is 4.32. The van der Waals surface area contributed by atoms with Gasteiger partial charge in [-0.15, -0.1) is 0 Å². The van der Waals surface area contributed by atoms with E-state index in [9.17, 15) is 4.39 Å². The van der Waals surface area contributed by atoms with Crippen LogP contribution in [0.15, 0.2) is 51.9 Å². The third-order valence-electron chi connectivity index (χ3n) is 5.85. The lowest BCUT2D eigenvalue weighted by Crippen LogP contribution is -2.29. The van der Waals surface area contributed by atoms with Crippen LogP contribution in [0.1, 0.15) is 37.5 Å². The average Bonchev–Trinajstić information content (AvgIpc) is 3.43. The van der Waals surface area contributed by atoms with Crippen molar-refractivity contribution < 1.29 is 13.5 Å². The Kier molecular flexibility index (Phi) is 5.60. The Morgan fingerprint density at radius 3 is 2.88 bits per heavy atom. The topological polar surface area (TPSA) is 91.1 Å². The van der Waals surface area contributed by atoms with Gasteiger partial charge in [-0.3, -0.25) is 4.68 Å². The number of aromatic nitrogens is 3. The van der Waals surface area contributed by atoms with E-state index in [-0.39, 0.29) is 11.6 Å². The third-order valence-corrected chi connectivity index (χ3v) is 6.30. The van der Waals surface area contributed by atoms with Gasteiger partial charge in [-0.05, 0) is 56.6 Å². The number of ether oxygens (including phenoxy) is 1. The average molecular weight is 500 g/mol. The Balaban J connectivity index is 1.47. The van der Waals surface area contributed by atoms with Crippen molar-refractivity contribution in [1.29, 1.82) is 0 Å². The summed E-state index contributed by atoms with van der Waals surface area (Å²) in [6.07, 6.45) is 8.88. The van der Waals surface area contributed by atoms with E-state index >= 15 is 0 Å². The SMILES string of the molecule is CC(Oc1c(N)ncc2c(-c3cnn(C4CCNCC4)c3)coc12)c1cc(F)cc(Br)c1. The molecular weight excluding hydrogens is 477 g/mol. The van der Waals surface area contributed by atoms with Crippen LogP contribution in [0.25, 0.3) is 22.1 Å². The molecule has 0 spiro atoms. The van der Waals surface area contributed by atoms with Gasteiger partial charge in [0.25, 0.3) is 0 Å². The zero-order valence-corrected chi connectivity index (χ0v) is 19.1. The lowest BCUT2D eigenvalue weighted by atomic mass is 10.1. The smallest absolute Gasteiger partial charge is 0.205 e. The van der Waals surface area contributed by atoms with Crippen LogP contribution in [0, 0.1) is 5.82 Å². The first kappa shape index (κ1) is 21.0. The molecule has 5 rings (SSSR count). The molecule has 166 valence electrons.